The van der Waals surface area contributed by atoms with Crippen molar-refractivity contribution in [3.63, 3.8) is 0 Å². The Morgan fingerprint density at radius 1 is 1.09 bits per heavy atom. The number of nitrogens with one attached hydrogen (secondary N) is 1. The molecule has 0 radical (unpaired) electrons. The molecule has 0 saturated heterocycles. The van der Waals surface area contributed by atoms with Crippen molar-refractivity contribution < 1.29 is 13.2 Å². The van der Waals surface area contributed by atoms with Gasteiger partial charge in [-0.15, -0.1) is 0 Å². The molecule has 8 heteroatoms. The molecule has 1 N–H and O–H groups in total. The summed E-state index contributed by atoms with van der Waals surface area (Å²) < 4.78 is 27.9. The summed E-state index contributed by atoms with van der Waals surface area (Å²) in [5.41, 5.74) is -0.0232. The van der Waals surface area contributed by atoms with Crippen molar-refractivity contribution in [2.45, 2.75) is 25.7 Å². The van der Waals surface area contributed by atoms with Crippen LogP contribution in [0.15, 0.2) is 47.6 Å². The smallest absolute Gasteiger partial charge is 0.229 e. The second-order valence-corrected chi connectivity index (χ2v) is 7.45. The summed E-state index contributed by atoms with van der Waals surface area (Å²) in [4.78, 5) is 19.4. The molecule has 23 heavy (non-hydrogen) atoms. The van der Waals surface area contributed by atoms with Gasteiger partial charge in [0.2, 0.25) is 15.9 Å². The molecule has 0 aliphatic carbocycles. The second-order valence-electron chi connectivity index (χ2n) is 5.84. The first kappa shape index (κ1) is 16.9. The summed E-state index contributed by atoms with van der Waals surface area (Å²) in [6, 6.07) is 7.34. The van der Waals surface area contributed by atoms with Crippen LogP contribution in [0.5, 0.6) is 0 Å². The average Bonchev–Trinajstić information content (AvgIpc) is 2.47. The Bertz CT molecular complexity index is 782. The highest BCUT2D eigenvalue weighted by atomic mass is 32.2. The van der Waals surface area contributed by atoms with Gasteiger partial charge in [0, 0.05) is 17.1 Å². The van der Waals surface area contributed by atoms with E-state index >= 15 is 0 Å². The van der Waals surface area contributed by atoms with Crippen LogP contribution in [0.4, 0.5) is 11.6 Å². The predicted octanol–water partition coefficient (Wildman–Crippen LogP) is 2.86. The van der Waals surface area contributed by atoms with Gasteiger partial charge in [0.1, 0.15) is 0 Å². The van der Waals surface area contributed by atoms with Crippen LogP contribution in [-0.2, 0) is 14.8 Å². The predicted molar refractivity (Wildman–Crippen MR) is 86.8 cm³/mol. The van der Waals surface area contributed by atoms with Crippen LogP contribution >= 0.6 is 0 Å². The average molecular weight is 333 g/mol. The Labute approximate surface area is 135 Å². The number of rotatable bonds is 4. The van der Waals surface area contributed by atoms with Crippen LogP contribution in [0.2, 0.25) is 0 Å². The SMILES string of the molecule is CC(C)(C)C(=O)Nc1ccc(S(=O)(=O)[N-]c2ncccn2)cc1. The molecule has 0 saturated carbocycles. The van der Waals surface area contributed by atoms with E-state index in [2.05, 4.69) is 20.0 Å². The lowest BCUT2D eigenvalue weighted by Gasteiger charge is -2.18. The Morgan fingerprint density at radius 2 is 1.65 bits per heavy atom. The molecule has 1 aromatic heterocycles. The number of benzene rings is 1. The van der Waals surface area contributed by atoms with Gasteiger partial charge in [0.05, 0.1) is 4.90 Å². The Kier molecular flexibility index (Phi) is 4.65. The van der Waals surface area contributed by atoms with Crippen LogP contribution in [0, 0.1) is 5.41 Å². The summed E-state index contributed by atoms with van der Waals surface area (Å²) in [6.45, 7) is 5.37. The summed E-state index contributed by atoms with van der Waals surface area (Å²) >= 11 is 0. The highest BCUT2D eigenvalue weighted by molar-refractivity contribution is 7.94. The van der Waals surface area contributed by atoms with E-state index in [0.717, 1.165) is 0 Å². The van der Waals surface area contributed by atoms with Crippen molar-refractivity contribution in [2.24, 2.45) is 5.41 Å². The topological polar surface area (TPSA) is 103 Å². The van der Waals surface area contributed by atoms with E-state index in [1.165, 1.54) is 36.7 Å². The van der Waals surface area contributed by atoms with Crippen molar-refractivity contribution in [2.75, 3.05) is 5.32 Å². The van der Waals surface area contributed by atoms with Gasteiger partial charge < -0.3 is 15.3 Å². The van der Waals surface area contributed by atoms with E-state index in [1.807, 2.05) is 0 Å². The van der Waals surface area contributed by atoms with Gasteiger partial charge in [0.25, 0.3) is 0 Å². The number of hydrogen-bond donors (Lipinski definition) is 1. The van der Waals surface area contributed by atoms with E-state index in [9.17, 15) is 13.2 Å². The van der Waals surface area contributed by atoms with Gasteiger partial charge in [-0.2, -0.15) is 0 Å². The third kappa shape index (κ3) is 4.49. The zero-order valence-corrected chi connectivity index (χ0v) is 13.8. The number of anilines is 1. The molecule has 0 bridgehead atoms. The quantitative estimate of drug-likeness (QED) is 0.926. The number of hydrogen-bond acceptors (Lipinski definition) is 5. The normalized spacial score (nSPS) is 11.8. The molecule has 0 spiro atoms. The molecule has 0 fully saturated rings. The molecule has 0 aliphatic rings. The number of aromatic nitrogens is 2. The largest absolute Gasteiger partial charge is 0.366 e. The van der Waals surface area contributed by atoms with Gasteiger partial charge in [-0.3, -0.25) is 9.52 Å². The zero-order valence-electron chi connectivity index (χ0n) is 13.0. The molecule has 7 nitrogen and oxygen atoms in total. The molecule has 1 amide bonds. The van der Waals surface area contributed by atoms with Crippen LogP contribution in [0.1, 0.15) is 20.8 Å². The van der Waals surface area contributed by atoms with E-state index in [-0.39, 0.29) is 16.8 Å². The first-order valence-corrected chi connectivity index (χ1v) is 8.29. The van der Waals surface area contributed by atoms with E-state index < -0.39 is 15.4 Å². The maximum absolute atomic E-state index is 12.2. The van der Waals surface area contributed by atoms with Gasteiger partial charge in [0.15, 0.2) is 0 Å². The van der Waals surface area contributed by atoms with Crippen molar-refractivity contribution in [1.29, 1.82) is 0 Å². The summed E-state index contributed by atoms with van der Waals surface area (Å²) in [5.74, 6) is -0.284. The number of carbonyl (C=O) groups excluding carboxylic acids is 1. The monoisotopic (exact) mass is 333 g/mol. The Morgan fingerprint density at radius 3 is 2.17 bits per heavy atom. The lowest BCUT2D eigenvalue weighted by molar-refractivity contribution is -0.123. The van der Waals surface area contributed by atoms with E-state index in [0.29, 0.717) is 5.69 Å². The summed E-state index contributed by atoms with van der Waals surface area (Å²) in [7, 11) is -3.90. The maximum Gasteiger partial charge on any atom is 0.229 e. The fourth-order valence-electron chi connectivity index (χ4n) is 1.53. The van der Waals surface area contributed by atoms with Gasteiger partial charge in [-0.25, -0.2) is 8.42 Å². The lowest BCUT2D eigenvalue weighted by Crippen LogP contribution is -2.27. The summed E-state index contributed by atoms with van der Waals surface area (Å²) in [6.07, 6.45) is 2.82. The third-order valence-corrected chi connectivity index (χ3v) is 4.12. The first-order chi connectivity index (χ1) is 10.7. The minimum absolute atomic E-state index is 0.00119. The Balaban J connectivity index is 2.14. The van der Waals surface area contributed by atoms with Crippen molar-refractivity contribution in [1.82, 2.24) is 9.97 Å². The molecular formula is C15H17N4O3S-. The first-order valence-electron chi connectivity index (χ1n) is 6.85. The number of carbonyl (C=O) groups is 1. The minimum atomic E-state index is -3.90. The number of sulfonamides is 1. The number of amides is 1. The summed E-state index contributed by atoms with van der Waals surface area (Å²) in [5, 5.41) is 2.72. The van der Waals surface area contributed by atoms with Crippen molar-refractivity contribution >= 4 is 27.6 Å². The second kappa shape index (κ2) is 6.33. The van der Waals surface area contributed by atoms with Gasteiger partial charge in [-0.05, 0) is 36.7 Å². The molecule has 0 aliphatic heterocycles. The minimum Gasteiger partial charge on any atom is -0.366 e. The van der Waals surface area contributed by atoms with Crippen molar-refractivity contribution in [3.05, 3.63) is 47.4 Å². The highest BCUT2D eigenvalue weighted by Gasteiger charge is 2.21. The molecule has 1 aromatic carbocycles. The molecule has 0 atom stereocenters. The molecule has 0 unspecified atom stereocenters. The molecule has 2 rings (SSSR count). The van der Waals surface area contributed by atoms with Gasteiger partial charge in [-0.1, -0.05) is 26.8 Å². The number of nitrogens with zero attached hydrogens (tertiary/aromatic N) is 3. The standard InChI is InChI=1S/C15H18N4O3S/c1-15(2,3)13(20)18-11-5-7-12(8-6-11)23(21,22)19-14-16-9-4-10-17-14/h4-10H,1-3H3,(H2,16,17,18,19,20)/p-1. The van der Waals surface area contributed by atoms with Crippen molar-refractivity contribution in [3.8, 4) is 0 Å². The van der Waals surface area contributed by atoms with E-state index in [4.69, 9.17) is 0 Å². The molecule has 2 aromatic rings. The van der Waals surface area contributed by atoms with Gasteiger partial charge >= 0.3 is 0 Å². The highest BCUT2D eigenvalue weighted by Crippen LogP contribution is 2.25. The molecule has 1 heterocycles. The van der Waals surface area contributed by atoms with E-state index in [1.54, 1.807) is 26.8 Å². The van der Waals surface area contributed by atoms with Crippen LogP contribution in [0.3, 0.4) is 0 Å². The fraction of sp³-hybridized carbons (Fsp3) is 0.267. The molecular weight excluding hydrogens is 316 g/mol. The van der Waals surface area contributed by atoms with Crippen LogP contribution in [0.25, 0.3) is 4.72 Å². The Hall–Kier alpha value is -2.48. The lowest BCUT2D eigenvalue weighted by atomic mass is 9.95. The zero-order chi connectivity index (χ0) is 17.1. The maximum atomic E-state index is 12.2. The van der Waals surface area contributed by atoms with Crippen LogP contribution < -0.4 is 5.32 Å². The third-order valence-electron chi connectivity index (χ3n) is 2.85. The van der Waals surface area contributed by atoms with Crippen LogP contribution in [-0.4, -0.2) is 24.3 Å². The molecule has 122 valence electrons. The fourth-order valence-corrected chi connectivity index (χ4v) is 2.42.